The molecule has 0 bridgehead atoms. The lowest BCUT2D eigenvalue weighted by Gasteiger charge is -2.02. The summed E-state index contributed by atoms with van der Waals surface area (Å²) in [4.78, 5) is 0. The van der Waals surface area contributed by atoms with Crippen LogP contribution in [0, 0.1) is 19.3 Å². The Morgan fingerprint density at radius 2 is 1.82 bits per heavy atom. The minimum atomic E-state index is 0.633. The van der Waals surface area contributed by atoms with Crippen molar-refractivity contribution in [3.63, 3.8) is 0 Å². The first-order chi connectivity index (χ1) is 5.11. The van der Waals surface area contributed by atoms with E-state index in [1.165, 1.54) is 11.1 Å². The summed E-state index contributed by atoms with van der Waals surface area (Å²) >= 11 is 0. The zero-order valence-corrected chi connectivity index (χ0v) is 7.23. The molecule has 0 saturated heterocycles. The van der Waals surface area contributed by atoms with Gasteiger partial charge in [-0.1, -0.05) is 12.1 Å². The van der Waals surface area contributed by atoms with Gasteiger partial charge in [0.15, 0.2) is 0 Å². The fourth-order valence-electron chi connectivity index (χ4n) is 0.975. The third-order valence-electron chi connectivity index (χ3n) is 1.94. The van der Waals surface area contributed by atoms with Gasteiger partial charge in [-0.15, -0.1) is 0 Å². The Hall–Kier alpha value is -1.11. The molecule has 0 radical (unpaired) electrons. The van der Waals surface area contributed by atoms with Crippen LogP contribution in [0.5, 0.6) is 0 Å². The molecule has 0 amide bonds. The standard InChI is InChI=1S/C10H13N/c1-7-4-5-10(9(3)11)6-8(7)2/h4-6,11H,1-3H3. The first-order valence-electron chi connectivity index (χ1n) is 3.74. The monoisotopic (exact) mass is 147 g/mol. The highest BCUT2D eigenvalue weighted by Gasteiger charge is 1.96. The van der Waals surface area contributed by atoms with Gasteiger partial charge in [0.25, 0.3) is 0 Å². The summed E-state index contributed by atoms with van der Waals surface area (Å²) in [5.41, 5.74) is 4.20. The van der Waals surface area contributed by atoms with Crippen molar-refractivity contribution in [1.29, 1.82) is 5.41 Å². The third kappa shape index (κ3) is 1.67. The van der Waals surface area contributed by atoms with Crippen molar-refractivity contribution in [3.8, 4) is 0 Å². The molecule has 0 spiro atoms. The average molecular weight is 147 g/mol. The molecule has 1 aromatic rings. The van der Waals surface area contributed by atoms with E-state index in [9.17, 15) is 0 Å². The molecule has 0 atom stereocenters. The van der Waals surface area contributed by atoms with Crippen LogP contribution in [-0.4, -0.2) is 5.71 Å². The Balaban J connectivity index is 3.15. The van der Waals surface area contributed by atoms with Gasteiger partial charge >= 0.3 is 0 Å². The first kappa shape index (κ1) is 7.99. The second-order valence-corrected chi connectivity index (χ2v) is 2.92. The van der Waals surface area contributed by atoms with E-state index in [0.29, 0.717) is 5.71 Å². The zero-order valence-electron chi connectivity index (χ0n) is 7.23. The molecule has 1 nitrogen and oxygen atoms in total. The van der Waals surface area contributed by atoms with Gasteiger partial charge in [-0.3, -0.25) is 0 Å². The number of nitrogens with one attached hydrogen (secondary N) is 1. The highest BCUT2D eigenvalue weighted by atomic mass is 14.4. The van der Waals surface area contributed by atoms with E-state index in [2.05, 4.69) is 26.0 Å². The van der Waals surface area contributed by atoms with E-state index < -0.39 is 0 Å². The van der Waals surface area contributed by atoms with Crippen LogP contribution < -0.4 is 0 Å². The van der Waals surface area contributed by atoms with Crippen molar-refractivity contribution in [3.05, 3.63) is 34.9 Å². The molecule has 0 aromatic heterocycles. The Morgan fingerprint density at radius 1 is 1.18 bits per heavy atom. The molecule has 0 aliphatic rings. The normalized spacial score (nSPS) is 9.73. The first-order valence-corrected chi connectivity index (χ1v) is 3.74. The quantitative estimate of drug-likeness (QED) is 0.590. The van der Waals surface area contributed by atoms with Crippen molar-refractivity contribution in [2.45, 2.75) is 20.8 Å². The van der Waals surface area contributed by atoms with Crippen molar-refractivity contribution < 1.29 is 0 Å². The molecule has 0 unspecified atom stereocenters. The fourth-order valence-corrected chi connectivity index (χ4v) is 0.975. The summed E-state index contributed by atoms with van der Waals surface area (Å²) in [7, 11) is 0. The third-order valence-corrected chi connectivity index (χ3v) is 1.94. The van der Waals surface area contributed by atoms with E-state index in [4.69, 9.17) is 5.41 Å². The minimum absolute atomic E-state index is 0.633. The SMILES string of the molecule is CC(=N)c1ccc(C)c(C)c1. The largest absolute Gasteiger partial charge is 0.305 e. The molecule has 0 aliphatic carbocycles. The highest BCUT2D eigenvalue weighted by Crippen LogP contribution is 2.09. The molecule has 1 heteroatoms. The Morgan fingerprint density at radius 3 is 2.27 bits per heavy atom. The van der Waals surface area contributed by atoms with Crippen LogP contribution >= 0.6 is 0 Å². The second-order valence-electron chi connectivity index (χ2n) is 2.92. The summed E-state index contributed by atoms with van der Waals surface area (Å²) in [5.74, 6) is 0. The van der Waals surface area contributed by atoms with Crippen LogP contribution in [0.15, 0.2) is 18.2 Å². The summed E-state index contributed by atoms with van der Waals surface area (Å²) < 4.78 is 0. The average Bonchev–Trinajstić information content (AvgIpc) is 1.94. The van der Waals surface area contributed by atoms with Gasteiger partial charge in [0.1, 0.15) is 0 Å². The van der Waals surface area contributed by atoms with E-state index in [0.717, 1.165) is 5.56 Å². The molecule has 11 heavy (non-hydrogen) atoms. The topological polar surface area (TPSA) is 23.9 Å². The van der Waals surface area contributed by atoms with Crippen LogP contribution in [0.2, 0.25) is 0 Å². The van der Waals surface area contributed by atoms with Gasteiger partial charge in [0, 0.05) is 5.71 Å². The lowest BCUT2D eigenvalue weighted by atomic mass is 10.0. The van der Waals surface area contributed by atoms with E-state index in [1.54, 1.807) is 0 Å². The number of hydrogen-bond donors (Lipinski definition) is 1. The number of rotatable bonds is 1. The maximum absolute atomic E-state index is 7.40. The van der Waals surface area contributed by atoms with Crippen LogP contribution in [0.4, 0.5) is 0 Å². The van der Waals surface area contributed by atoms with Gasteiger partial charge in [0.05, 0.1) is 0 Å². The van der Waals surface area contributed by atoms with Crippen molar-refractivity contribution in [1.82, 2.24) is 0 Å². The molecule has 0 fully saturated rings. The molecular formula is C10H13N. The van der Waals surface area contributed by atoms with Gasteiger partial charge in [0.2, 0.25) is 0 Å². The lowest BCUT2D eigenvalue weighted by Crippen LogP contribution is -1.93. The van der Waals surface area contributed by atoms with Crippen molar-refractivity contribution >= 4 is 5.71 Å². The highest BCUT2D eigenvalue weighted by molar-refractivity contribution is 5.96. The zero-order chi connectivity index (χ0) is 8.43. The van der Waals surface area contributed by atoms with E-state index in [1.807, 2.05) is 13.0 Å². The van der Waals surface area contributed by atoms with Gasteiger partial charge in [-0.25, -0.2) is 0 Å². The van der Waals surface area contributed by atoms with E-state index in [-0.39, 0.29) is 0 Å². The molecule has 1 N–H and O–H groups in total. The lowest BCUT2D eigenvalue weighted by molar-refractivity contribution is 1.32. The molecule has 0 saturated carbocycles. The fraction of sp³-hybridized carbons (Fsp3) is 0.300. The van der Waals surface area contributed by atoms with Crippen molar-refractivity contribution in [2.75, 3.05) is 0 Å². The predicted molar refractivity (Wildman–Crippen MR) is 48.4 cm³/mol. The molecule has 0 aliphatic heterocycles. The molecule has 58 valence electrons. The number of benzene rings is 1. The van der Waals surface area contributed by atoms with Gasteiger partial charge in [-0.05, 0) is 43.5 Å². The van der Waals surface area contributed by atoms with E-state index >= 15 is 0 Å². The number of hydrogen-bond acceptors (Lipinski definition) is 1. The maximum atomic E-state index is 7.40. The molecular weight excluding hydrogens is 134 g/mol. The molecule has 0 heterocycles. The Bertz CT molecular complexity index is 287. The van der Waals surface area contributed by atoms with Gasteiger partial charge < -0.3 is 5.41 Å². The Labute approximate surface area is 67.6 Å². The Kier molecular flexibility index (Phi) is 2.08. The molecule has 1 aromatic carbocycles. The molecule has 1 rings (SSSR count). The summed E-state index contributed by atoms with van der Waals surface area (Å²) in [6, 6.07) is 6.10. The smallest absolute Gasteiger partial charge is 0.0355 e. The minimum Gasteiger partial charge on any atom is -0.305 e. The maximum Gasteiger partial charge on any atom is 0.0355 e. The second kappa shape index (κ2) is 2.87. The summed E-state index contributed by atoms with van der Waals surface area (Å²) in [6.45, 7) is 5.96. The van der Waals surface area contributed by atoms with Crippen LogP contribution in [-0.2, 0) is 0 Å². The number of aryl methyl sites for hydroxylation is 2. The predicted octanol–water partition coefficient (Wildman–Crippen LogP) is 2.69. The van der Waals surface area contributed by atoms with Crippen LogP contribution in [0.25, 0.3) is 0 Å². The summed E-state index contributed by atoms with van der Waals surface area (Å²) in [5, 5.41) is 7.40. The van der Waals surface area contributed by atoms with Crippen molar-refractivity contribution in [2.24, 2.45) is 0 Å². The summed E-state index contributed by atoms with van der Waals surface area (Å²) in [6.07, 6.45) is 0. The van der Waals surface area contributed by atoms with Gasteiger partial charge in [-0.2, -0.15) is 0 Å². The van der Waals surface area contributed by atoms with Crippen LogP contribution in [0.1, 0.15) is 23.6 Å². The van der Waals surface area contributed by atoms with Crippen LogP contribution in [0.3, 0.4) is 0 Å².